The van der Waals surface area contributed by atoms with Crippen molar-refractivity contribution in [3.8, 4) is 0 Å². The summed E-state index contributed by atoms with van der Waals surface area (Å²) in [6.45, 7) is 6.29. The summed E-state index contributed by atoms with van der Waals surface area (Å²) in [7, 11) is 0. The summed E-state index contributed by atoms with van der Waals surface area (Å²) in [5.74, 6) is 0.0925. The molecule has 28 heavy (non-hydrogen) atoms. The summed E-state index contributed by atoms with van der Waals surface area (Å²) in [5.41, 5.74) is 4.43. The summed E-state index contributed by atoms with van der Waals surface area (Å²) in [6.07, 6.45) is 1.71. The van der Waals surface area contributed by atoms with E-state index >= 15 is 0 Å². The van der Waals surface area contributed by atoms with Gasteiger partial charge in [0.1, 0.15) is 5.04 Å². The minimum absolute atomic E-state index is 0.0538. The van der Waals surface area contributed by atoms with Crippen molar-refractivity contribution in [2.75, 3.05) is 0 Å². The maximum atomic E-state index is 12.5. The fraction of sp³-hybridized carbons (Fsp3) is 0.182. The summed E-state index contributed by atoms with van der Waals surface area (Å²) >= 11 is 1.31. The Hall–Kier alpha value is -2.99. The van der Waals surface area contributed by atoms with Crippen LogP contribution in [0.25, 0.3) is 6.08 Å². The van der Waals surface area contributed by atoms with Crippen molar-refractivity contribution in [1.29, 1.82) is 5.41 Å². The number of benzene rings is 2. The predicted molar refractivity (Wildman–Crippen MR) is 116 cm³/mol. The highest BCUT2D eigenvalue weighted by atomic mass is 32.2. The van der Waals surface area contributed by atoms with E-state index in [0.29, 0.717) is 11.1 Å². The Labute approximate surface area is 168 Å². The molecule has 2 aromatic carbocycles. The molecule has 0 spiro atoms. The number of aliphatic imine (C=N–C) groups is 1. The molecule has 0 aliphatic carbocycles. The van der Waals surface area contributed by atoms with Crippen molar-refractivity contribution in [3.63, 3.8) is 0 Å². The third-order valence-electron chi connectivity index (χ3n) is 4.63. The van der Waals surface area contributed by atoms with Crippen LogP contribution in [0.1, 0.15) is 42.0 Å². The van der Waals surface area contributed by atoms with Gasteiger partial charge in [-0.25, -0.2) is 0 Å². The average molecular weight is 388 g/mol. The zero-order valence-electron chi connectivity index (χ0n) is 15.9. The summed E-state index contributed by atoms with van der Waals surface area (Å²) in [5, 5.41) is 15.6. The number of nitrogens with zero attached hydrogens (tertiary/aromatic N) is 3. The Morgan fingerprint density at radius 2 is 1.89 bits per heavy atom. The van der Waals surface area contributed by atoms with Crippen LogP contribution in [0.4, 0.5) is 0 Å². The fourth-order valence-electron chi connectivity index (χ4n) is 3.03. The van der Waals surface area contributed by atoms with Gasteiger partial charge in [-0.05, 0) is 47.9 Å². The number of aryl methyl sites for hydroxylation is 1. The lowest BCUT2D eigenvalue weighted by Gasteiger charge is -2.20. The van der Waals surface area contributed by atoms with E-state index in [2.05, 4.69) is 23.9 Å². The summed E-state index contributed by atoms with van der Waals surface area (Å²) < 4.78 is 0. The monoisotopic (exact) mass is 388 g/mol. The SMILES string of the molecule is Cc1cccc(C2=NN3C(=N)/C(=C\c4ccc(C(C)C)cc4)C(=O)N=C3S2)c1. The Morgan fingerprint density at radius 3 is 2.57 bits per heavy atom. The van der Waals surface area contributed by atoms with Crippen LogP contribution in [0.2, 0.25) is 0 Å². The second kappa shape index (κ2) is 7.20. The first-order valence-corrected chi connectivity index (χ1v) is 9.91. The van der Waals surface area contributed by atoms with Crippen LogP contribution in [-0.4, -0.2) is 27.0 Å². The molecule has 0 fully saturated rings. The molecular weight excluding hydrogens is 368 g/mol. The number of rotatable bonds is 3. The zero-order chi connectivity index (χ0) is 19.8. The number of amidine groups is 2. The molecule has 140 valence electrons. The smallest absolute Gasteiger partial charge is 0.282 e. The molecule has 6 heteroatoms. The van der Waals surface area contributed by atoms with Crippen LogP contribution in [0.15, 0.2) is 64.2 Å². The van der Waals surface area contributed by atoms with Crippen molar-refractivity contribution in [2.24, 2.45) is 10.1 Å². The fourth-order valence-corrected chi connectivity index (χ4v) is 3.92. The number of carbonyl (C=O) groups is 1. The molecule has 4 rings (SSSR count). The molecule has 0 aromatic heterocycles. The van der Waals surface area contributed by atoms with E-state index in [1.807, 2.05) is 55.5 Å². The van der Waals surface area contributed by atoms with Crippen LogP contribution in [-0.2, 0) is 4.79 Å². The van der Waals surface area contributed by atoms with Crippen LogP contribution in [0.5, 0.6) is 0 Å². The van der Waals surface area contributed by atoms with Crippen molar-refractivity contribution in [3.05, 3.63) is 76.4 Å². The molecule has 5 nitrogen and oxygen atoms in total. The van der Waals surface area contributed by atoms with Gasteiger partial charge in [0.25, 0.3) is 5.91 Å². The zero-order valence-corrected chi connectivity index (χ0v) is 16.7. The first kappa shape index (κ1) is 18.4. The van der Waals surface area contributed by atoms with E-state index in [0.717, 1.165) is 21.7 Å². The lowest BCUT2D eigenvalue weighted by atomic mass is 10.0. The average Bonchev–Trinajstić information content (AvgIpc) is 3.10. The molecule has 0 unspecified atom stereocenters. The molecule has 1 amide bonds. The normalized spacial score (nSPS) is 17.9. The first-order chi connectivity index (χ1) is 13.4. The van der Waals surface area contributed by atoms with Gasteiger partial charge in [0.05, 0.1) is 5.57 Å². The Balaban J connectivity index is 1.65. The van der Waals surface area contributed by atoms with Gasteiger partial charge in [-0.1, -0.05) is 61.9 Å². The minimum atomic E-state index is -0.405. The number of nitrogens with one attached hydrogen (secondary N) is 1. The molecule has 0 radical (unpaired) electrons. The van der Waals surface area contributed by atoms with Crippen molar-refractivity contribution in [2.45, 2.75) is 26.7 Å². The van der Waals surface area contributed by atoms with E-state index in [1.54, 1.807) is 6.08 Å². The molecule has 2 aliphatic rings. The number of thioether (sulfide) groups is 1. The van der Waals surface area contributed by atoms with Gasteiger partial charge < -0.3 is 0 Å². The van der Waals surface area contributed by atoms with Gasteiger partial charge in [0.15, 0.2) is 5.84 Å². The van der Waals surface area contributed by atoms with Crippen molar-refractivity contribution in [1.82, 2.24) is 5.01 Å². The molecule has 2 aliphatic heterocycles. The van der Waals surface area contributed by atoms with Gasteiger partial charge in [-0.15, -0.1) is 0 Å². The molecule has 2 aromatic rings. The van der Waals surface area contributed by atoms with Gasteiger partial charge >= 0.3 is 0 Å². The van der Waals surface area contributed by atoms with Crippen molar-refractivity contribution >= 4 is 39.8 Å². The maximum absolute atomic E-state index is 12.5. The topological polar surface area (TPSA) is 68.9 Å². The number of carbonyl (C=O) groups excluding carboxylic acids is 1. The molecule has 1 N–H and O–H groups in total. The highest BCUT2D eigenvalue weighted by molar-refractivity contribution is 8.27. The quantitative estimate of drug-likeness (QED) is 0.769. The Kier molecular flexibility index (Phi) is 4.73. The highest BCUT2D eigenvalue weighted by Crippen LogP contribution is 2.31. The van der Waals surface area contributed by atoms with Gasteiger partial charge in [0, 0.05) is 5.56 Å². The largest absolute Gasteiger partial charge is 0.283 e. The third kappa shape index (κ3) is 3.43. The van der Waals surface area contributed by atoms with Crippen molar-refractivity contribution < 1.29 is 4.79 Å². The maximum Gasteiger partial charge on any atom is 0.283 e. The highest BCUT2D eigenvalue weighted by Gasteiger charge is 2.36. The van der Waals surface area contributed by atoms with Gasteiger partial charge in [-0.2, -0.15) is 15.1 Å². The Bertz CT molecular complexity index is 1060. The number of hydrogen-bond acceptors (Lipinski definition) is 4. The molecule has 0 bridgehead atoms. The number of hydrogen-bond donors (Lipinski definition) is 1. The minimum Gasteiger partial charge on any atom is -0.282 e. The van der Waals surface area contributed by atoms with E-state index in [4.69, 9.17) is 5.41 Å². The van der Waals surface area contributed by atoms with Gasteiger partial charge in [0.2, 0.25) is 5.17 Å². The van der Waals surface area contributed by atoms with Crippen LogP contribution in [0, 0.1) is 12.3 Å². The van der Waals surface area contributed by atoms with E-state index in [1.165, 1.54) is 22.3 Å². The van der Waals surface area contributed by atoms with E-state index in [-0.39, 0.29) is 11.4 Å². The van der Waals surface area contributed by atoms with E-state index in [9.17, 15) is 4.79 Å². The second-order valence-corrected chi connectivity index (χ2v) is 8.07. The lowest BCUT2D eigenvalue weighted by Crippen LogP contribution is -2.35. The first-order valence-electron chi connectivity index (χ1n) is 9.09. The standard InChI is InChI=1S/C22H20N4OS/c1-13(2)16-9-7-15(8-10-16)12-18-19(23)26-22(24-20(18)27)28-21(25-26)17-6-4-5-14(3)11-17/h4-13,23H,1-3H3/b18-12+,23-19?. The Morgan fingerprint density at radius 1 is 1.14 bits per heavy atom. The third-order valence-corrected chi connectivity index (χ3v) is 5.59. The molecular formula is C22H20N4OS. The summed E-state index contributed by atoms with van der Waals surface area (Å²) in [4.78, 5) is 16.7. The predicted octanol–water partition coefficient (Wildman–Crippen LogP) is 4.79. The van der Waals surface area contributed by atoms with E-state index < -0.39 is 5.91 Å². The molecule has 0 saturated carbocycles. The van der Waals surface area contributed by atoms with Gasteiger partial charge in [-0.3, -0.25) is 10.2 Å². The number of hydrazone groups is 1. The second-order valence-electron chi connectivity index (χ2n) is 7.12. The molecule has 0 saturated heterocycles. The van der Waals surface area contributed by atoms with Crippen LogP contribution < -0.4 is 0 Å². The molecule has 2 heterocycles. The van der Waals surface area contributed by atoms with Crippen LogP contribution in [0.3, 0.4) is 0 Å². The summed E-state index contributed by atoms with van der Waals surface area (Å²) in [6, 6.07) is 16.0. The number of amides is 1. The molecule has 0 atom stereocenters. The lowest BCUT2D eigenvalue weighted by molar-refractivity contribution is -0.114. The van der Waals surface area contributed by atoms with Crippen LogP contribution >= 0.6 is 11.8 Å². The number of fused-ring (bicyclic) bond motifs is 1.